The van der Waals surface area contributed by atoms with Crippen LogP contribution in [-0.2, 0) is 7.05 Å². The van der Waals surface area contributed by atoms with Crippen molar-refractivity contribution < 1.29 is 9.21 Å². The molecule has 3 heterocycles. The molecule has 1 saturated heterocycles. The van der Waals surface area contributed by atoms with Crippen molar-refractivity contribution in [3.63, 3.8) is 0 Å². The van der Waals surface area contributed by atoms with E-state index in [0.29, 0.717) is 5.56 Å². The highest BCUT2D eigenvalue weighted by Gasteiger charge is 2.34. The smallest absolute Gasteiger partial charge is 0.257 e. The van der Waals surface area contributed by atoms with Crippen LogP contribution in [0.2, 0.25) is 0 Å². The number of carbonyl (C=O) groups excluding carboxylic acids is 1. The van der Waals surface area contributed by atoms with Crippen LogP contribution in [0.5, 0.6) is 0 Å². The quantitative estimate of drug-likeness (QED) is 0.845. The van der Waals surface area contributed by atoms with Crippen LogP contribution >= 0.6 is 0 Å². The molecule has 20 heavy (non-hydrogen) atoms. The van der Waals surface area contributed by atoms with Gasteiger partial charge in [0.2, 0.25) is 0 Å². The Labute approximate surface area is 118 Å². The lowest BCUT2D eigenvalue weighted by molar-refractivity contribution is 0.0734. The number of hydrogen-bond acceptors (Lipinski definition) is 3. The van der Waals surface area contributed by atoms with Gasteiger partial charge < -0.3 is 9.32 Å². The average molecular weight is 273 g/mol. The molecule has 0 saturated carbocycles. The number of hydrogen-bond donors (Lipinski definition) is 0. The number of aryl methyl sites for hydroxylation is 2. The van der Waals surface area contributed by atoms with Gasteiger partial charge in [-0.1, -0.05) is 0 Å². The number of amides is 1. The van der Waals surface area contributed by atoms with Gasteiger partial charge in [0.15, 0.2) is 0 Å². The maximum atomic E-state index is 12.6. The second kappa shape index (κ2) is 4.81. The Kier molecular flexibility index (Phi) is 3.12. The van der Waals surface area contributed by atoms with E-state index in [4.69, 9.17) is 4.42 Å². The molecule has 1 aliphatic rings. The van der Waals surface area contributed by atoms with E-state index < -0.39 is 0 Å². The normalized spacial score (nSPS) is 18.8. The molecule has 0 unspecified atom stereocenters. The lowest BCUT2D eigenvalue weighted by atomic mass is 10.0. The average Bonchev–Trinajstić information content (AvgIpc) is 3.12. The van der Waals surface area contributed by atoms with E-state index in [-0.39, 0.29) is 11.9 Å². The van der Waals surface area contributed by atoms with Gasteiger partial charge in [-0.15, -0.1) is 0 Å². The van der Waals surface area contributed by atoms with Crippen LogP contribution < -0.4 is 0 Å². The van der Waals surface area contributed by atoms with Crippen molar-refractivity contribution in [2.75, 3.05) is 6.54 Å². The van der Waals surface area contributed by atoms with Gasteiger partial charge in [0.25, 0.3) is 5.91 Å². The first kappa shape index (κ1) is 13.0. The molecule has 2 aromatic heterocycles. The van der Waals surface area contributed by atoms with Crippen molar-refractivity contribution in [2.45, 2.75) is 32.7 Å². The molecule has 0 N–H and O–H groups in total. The standard InChI is InChI=1S/C15H19N3O2/c1-10-14(11(2)17(3)16-10)13-5-4-7-18(13)15(19)12-6-8-20-9-12/h6,8-9,13H,4-5,7H2,1-3H3/t13-/m0/s1. The molecule has 5 nitrogen and oxygen atoms in total. The molecule has 2 aromatic rings. The summed E-state index contributed by atoms with van der Waals surface area (Å²) in [5.74, 6) is 0.0453. The summed E-state index contributed by atoms with van der Waals surface area (Å²) in [6, 6.07) is 1.85. The molecule has 5 heteroatoms. The van der Waals surface area contributed by atoms with Crippen LogP contribution in [-0.4, -0.2) is 27.1 Å². The molecular weight excluding hydrogens is 254 g/mol. The lowest BCUT2D eigenvalue weighted by Gasteiger charge is -2.25. The van der Waals surface area contributed by atoms with Gasteiger partial charge in [-0.2, -0.15) is 5.10 Å². The summed E-state index contributed by atoms with van der Waals surface area (Å²) >= 11 is 0. The van der Waals surface area contributed by atoms with E-state index >= 15 is 0 Å². The third-order valence-electron chi connectivity index (χ3n) is 4.18. The van der Waals surface area contributed by atoms with Crippen LogP contribution in [0.25, 0.3) is 0 Å². The predicted octanol–water partition coefficient (Wildman–Crippen LogP) is 2.61. The van der Waals surface area contributed by atoms with E-state index in [1.807, 2.05) is 23.6 Å². The van der Waals surface area contributed by atoms with Gasteiger partial charge in [0, 0.05) is 24.8 Å². The van der Waals surface area contributed by atoms with Gasteiger partial charge in [-0.05, 0) is 32.8 Å². The van der Waals surface area contributed by atoms with Gasteiger partial charge in [0.05, 0.1) is 23.6 Å². The van der Waals surface area contributed by atoms with Crippen molar-refractivity contribution in [1.29, 1.82) is 0 Å². The first-order valence-corrected chi connectivity index (χ1v) is 6.93. The fraction of sp³-hybridized carbons (Fsp3) is 0.467. The minimum Gasteiger partial charge on any atom is -0.472 e. The van der Waals surface area contributed by atoms with Crippen LogP contribution in [0.1, 0.15) is 46.2 Å². The van der Waals surface area contributed by atoms with Crippen molar-refractivity contribution in [3.05, 3.63) is 41.1 Å². The number of rotatable bonds is 2. The molecular formula is C15H19N3O2. The molecule has 1 atom stereocenters. The van der Waals surface area contributed by atoms with Crippen LogP contribution in [0.15, 0.2) is 23.0 Å². The molecule has 1 fully saturated rings. The van der Waals surface area contributed by atoms with Crippen LogP contribution in [0.3, 0.4) is 0 Å². The Morgan fingerprint density at radius 3 is 2.85 bits per heavy atom. The Balaban J connectivity index is 1.95. The third-order valence-corrected chi connectivity index (χ3v) is 4.18. The zero-order valence-electron chi connectivity index (χ0n) is 12.1. The molecule has 0 bridgehead atoms. The highest BCUT2D eigenvalue weighted by Crippen LogP contribution is 2.36. The summed E-state index contributed by atoms with van der Waals surface area (Å²) < 4.78 is 6.92. The zero-order valence-corrected chi connectivity index (χ0v) is 12.1. The van der Waals surface area contributed by atoms with E-state index in [1.165, 1.54) is 11.8 Å². The number of aromatic nitrogens is 2. The maximum Gasteiger partial charge on any atom is 0.257 e. The largest absolute Gasteiger partial charge is 0.472 e. The third kappa shape index (κ3) is 1.94. The minimum atomic E-state index is 0.0453. The maximum absolute atomic E-state index is 12.6. The highest BCUT2D eigenvalue weighted by molar-refractivity contribution is 5.94. The lowest BCUT2D eigenvalue weighted by Crippen LogP contribution is -2.30. The summed E-state index contributed by atoms with van der Waals surface area (Å²) in [7, 11) is 1.95. The monoisotopic (exact) mass is 273 g/mol. The number of carbonyl (C=O) groups is 1. The van der Waals surface area contributed by atoms with Gasteiger partial charge in [-0.3, -0.25) is 9.48 Å². The molecule has 3 rings (SSSR count). The topological polar surface area (TPSA) is 51.3 Å². The minimum absolute atomic E-state index is 0.0453. The second-order valence-corrected chi connectivity index (χ2v) is 5.38. The van der Waals surface area contributed by atoms with Gasteiger partial charge in [-0.25, -0.2) is 0 Å². The van der Waals surface area contributed by atoms with Crippen LogP contribution in [0, 0.1) is 13.8 Å². The predicted molar refractivity (Wildman–Crippen MR) is 74.4 cm³/mol. The molecule has 0 aliphatic carbocycles. The Morgan fingerprint density at radius 1 is 1.45 bits per heavy atom. The first-order valence-electron chi connectivity index (χ1n) is 6.93. The number of nitrogens with zero attached hydrogens (tertiary/aromatic N) is 3. The number of furan rings is 1. The van der Waals surface area contributed by atoms with Gasteiger partial charge >= 0.3 is 0 Å². The van der Waals surface area contributed by atoms with Crippen molar-refractivity contribution >= 4 is 5.91 Å². The highest BCUT2D eigenvalue weighted by atomic mass is 16.3. The van der Waals surface area contributed by atoms with Crippen LogP contribution in [0.4, 0.5) is 0 Å². The van der Waals surface area contributed by atoms with Crippen molar-refractivity contribution in [2.24, 2.45) is 7.05 Å². The molecule has 1 aliphatic heterocycles. The molecule has 106 valence electrons. The molecule has 0 aromatic carbocycles. The summed E-state index contributed by atoms with van der Waals surface area (Å²) in [6.07, 6.45) is 5.08. The van der Waals surface area contributed by atoms with Crippen molar-refractivity contribution in [1.82, 2.24) is 14.7 Å². The second-order valence-electron chi connectivity index (χ2n) is 5.38. The summed E-state index contributed by atoms with van der Waals surface area (Å²) in [6.45, 7) is 4.87. The number of likely N-dealkylation sites (tertiary alicyclic amines) is 1. The van der Waals surface area contributed by atoms with E-state index in [0.717, 1.165) is 30.8 Å². The SMILES string of the molecule is Cc1nn(C)c(C)c1[C@@H]1CCCN1C(=O)c1ccoc1. The van der Waals surface area contributed by atoms with E-state index in [9.17, 15) is 4.79 Å². The molecule has 1 amide bonds. The van der Waals surface area contributed by atoms with E-state index in [2.05, 4.69) is 12.0 Å². The van der Waals surface area contributed by atoms with E-state index in [1.54, 1.807) is 12.3 Å². The zero-order chi connectivity index (χ0) is 14.3. The molecule has 0 spiro atoms. The Hall–Kier alpha value is -2.04. The fourth-order valence-electron chi connectivity index (χ4n) is 3.13. The first-order chi connectivity index (χ1) is 9.59. The Bertz CT molecular complexity index is 628. The van der Waals surface area contributed by atoms with Gasteiger partial charge in [0.1, 0.15) is 6.26 Å². The summed E-state index contributed by atoms with van der Waals surface area (Å²) in [5.41, 5.74) is 3.97. The summed E-state index contributed by atoms with van der Waals surface area (Å²) in [5, 5.41) is 4.47. The Morgan fingerprint density at radius 2 is 2.25 bits per heavy atom. The summed E-state index contributed by atoms with van der Waals surface area (Å²) in [4.78, 5) is 14.5. The fourth-order valence-corrected chi connectivity index (χ4v) is 3.13. The molecule has 0 radical (unpaired) electrons. The van der Waals surface area contributed by atoms with Crippen molar-refractivity contribution in [3.8, 4) is 0 Å².